The lowest BCUT2D eigenvalue weighted by atomic mass is 9.93. The van der Waals surface area contributed by atoms with Gasteiger partial charge in [-0.05, 0) is 124 Å². The van der Waals surface area contributed by atoms with Crippen molar-refractivity contribution in [2.45, 2.75) is 120 Å². The number of halogens is 3. The van der Waals surface area contributed by atoms with Gasteiger partial charge in [0.25, 0.3) is 5.92 Å². The summed E-state index contributed by atoms with van der Waals surface area (Å²) in [5.41, 5.74) is 0.366. The molecule has 296 valence electrons. The van der Waals surface area contributed by atoms with E-state index in [0.29, 0.717) is 41.7 Å². The van der Waals surface area contributed by atoms with Crippen LogP contribution in [0.5, 0.6) is 5.75 Å². The van der Waals surface area contributed by atoms with Crippen LogP contribution in [0.15, 0.2) is 84.9 Å². The van der Waals surface area contributed by atoms with Gasteiger partial charge >= 0.3 is 6.09 Å². The number of piperidine rings is 1. The zero-order valence-corrected chi connectivity index (χ0v) is 32.5. The summed E-state index contributed by atoms with van der Waals surface area (Å²) in [6.45, 7) is 5.28. The van der Waals surface area contributed by atoms with Crippen LogP contribution < -0.4 is 15.4 Å². The van der Waals surface area contributed by atoms with Crippen LogP contribution in [0, 0.1) is 0 Å². The second-order valence-corrected chi connectivity index (χ2v) is 16.7. The highest BCUT2D eigenvalue weighted by molar-refractivity contribution is 6.30. The molecular formula is C44H48ClF2N3O6. The second kappa shape index (κ2) is 16.1. The zero-order chi connectivity index (χ0) is 39.8. The molecule has 1 saturated carbocycles. The van der Waals surface area contributed by atoms with Crippen molar-refractivity contribution in [3.05, 3.63) is 101 Å². The van der Waals surface area contributed by atoms with Crippen LogP contribution >= 0.6 is 11.6 Å². The molecule has 3 N–H and O–H groups in total. The van der Waals surface area contributed by atoms with Gasteiger partial charge in [0.15, 0.2) is 12.3 Å². The normalized spacial score (nSPS) is 21.1. The van der Waals surface area contributed by atoms with Gasteiger partial charge in [0.1, 0.15) is 11.4 Å². The summed E-state index contributed by atoms with van der Waals surface area (Å²) in [5, 5.41) is 18.6. The Labute approximate surface area is 330 Å². The van der Waals surface area contributed by atoms with Crippen LogP contribution in [0.4, 0.5) is 13.6 Å². The zero-order valence-electron chi connectivity index (χ0n) is 31.8. The Morgan fingerprint density at radius 1 is 0.821 bits per heavy atom. The number of nitrogens with one attached hydrogen (secondary N) is 2. The van der Waals surface area contributed by atoms with Crippen LogP contribution in [0.2, 0.25) is 5.02 Å². The Morgan fingerprint density at radius 3 is 2.04 bits per heavy atom. The van der Waals surface area contributed by atoms with Gasteiger partial charge in [0.05, 0.1) is 6.10 Å². The molecule has 4 aromatic carbocycles. The molecular weight excluding hydrogens is 740 g/mol. The molecule has 4 atom stereocenters. The number of rotatable bonds is 11. The predicted octanol–water partition coefficient (Wildman–Crippen LogP) is 8.78. The molecule has 0 spiro atoms. The average molecular weight is 788 g/mol. The van der Waals surface area contributed by atoms with Crippen molar-refractivity contribution in [2.24, 2.45) is 0 Å². The van der Waals surface area contributed by atoms with Crippen LogP contribution in [-0.2, 0) is 15.5 Å². The topological polar surface area (TPSA) is 117 Å². The van der Waals surface area contributed by atoms with Gasteiger partial charge in [-0.25, -0.2) is 4.79 Å². The lowest BCUT2D eigenvalue weighted by Crippen LogP contribution is -2.62. The fourth-order valence-corrected chi connectivity index (χ4v) is 8.47. The maximum atomic E-state index is 16.9. The smallest absolute Gasteiger partial charge is 0.407 e. The fraction of sp³-hybridized carbons (Fsp3) is 0.432. The number of aliphatic hydroxyl groups excluding tert-OH is 1. The first kappa shape index (κ1) is 39.6. The van der Waals surface area contributed by atoms with Gasteiger partial charge in [0, 0.05) is 34.3 Å². The predicted molar refractivity (Wildman–Crippen MR) is 211 cm³/mol. The molecule has 12 heteroatoms. The number of nitrogens with zero attached hydrogens (tertiary/aromatic N) is 1. The van der Waals surface area contributed by atoms with E-state index in [1.165, 1.54) is 35.2 Å². The standard InChI is InChI=1S/C44H48ClF2N3O6/c1-43(2,3)56-42(54)48-33-24-34-19-20-35(25-33)50(34)41(53)39(44(46,47)31-15-10-26(11-16-31)27-12-17-32(45)18-13-27)49-40(52)38(51)30-9-8-29-23-37(21-14-28(29)22-30)55-36-6-4-5-7-36/h8-18,21-23,33-36,39-40,49,52H,4-7,19-20,24-25H2,1-3H3,(H,48,54). The lowest BCUT2D eigenvalue weighted by molar-refractivity contribution is -0.152. The number of ether oxygens (including phenoxy) is 2. The number of benzene rings is 4. The van der Waals surface area contributed by atoms with Crippen LogP contribution in [0.1, 0.15) is 88.1 Å². The highest BCUT2D eigenvalue weighted by Gasteiger charge is 2.53. The van der Waals surface area contributed by atoms with Crippen LogP contribution in [0.25, 0.3) is 21.9 Å². The average Bonchev–Trinajstić information content (AvgIpc) is 3.77. The molecule has 2 amide bonds. The minimum Gasteiger partial charge on any atom is -0.490 e. The first-order valence-corrected chi connectivity index (χ1v) is 19.8. The third-order valence-corrected chi connectivity index (χ3v) is 11.3. The monoisotopic (exact) mass is 787 g/mol. The number of carbonyl (C=O) groups excluding carboxylic acids is 3. The number of hydrogen-bond donors (Lipinski definition) is 3. The SMILES string of the molecule is CC(C)(C)OC(=O)NC1CC2CCC(C1)N2C(=O)C(NC(O)C(=O)c1ccc2cc(OC3CCCC3)ccc2c1)C(F)(F)c1ccc(-c2ccc(Cl)cc2)cc1. The van der Waals surface area contributed by atoms with E-state index in [4.69, 9.17) is 21.1 Å². The van der Waals surface area contributed by atoms with Crippen LogP contribution in [-0.4, -0.2) is 69.9 Å². The molecule has 9 nitrogen and oxygen atoms in total. The molecule has 1 aliphatic carbocycles. The Hall–Kier alpha value is -4.58. The molecule has 2 heterocycles. The summed E-state index contributed by atoms with van der Waals surface area (Å²) >= 11 is 6.04. The van der Waals surface area contributed by atoms with Crippen molar-refractivity contribution in [1.29, 1.82) is 0 Å². The number of Topliss-reactive ketones (excluding diaryl/α,β-unsaturated/α-hetero) is 1. The highest BCUT2D eigenvalue weighted by Crippen LogP contribution is 2.41. The van der Waals surface area contributed by atoms with E-state index >= 15 is 8.78 Å². The van der Waals surface area contributed by atoms with E-state index in [1.807, 2.05) is 18.2 Å². The van der Waals surface area contributed by atoms with E-state index in [2.05, 4.69) is 10.6 Å². The van der Waals surface area contributed by atoms with E-state index < -0.39 is 59.2 Å². The minimum atomic E-state index is -3.86. The molecule has 3 aliphatic rings. The molecule has 4 unspecified atom stereocenters. The number of hydrogen-bond acceptors (Lipinski definition) is 7. The number of fused-ring (bicyclic) bond motifs is 3. The largest absolute Gasteiger partial charge is 0.490 e. The first-order chi connectivity index (χ1) is 26.6. The summed E-state index contributed by atoms with van der Waals surface area (Å²) in [4.78, 5) is 42.2. The van der Waals surface area contributed by atoms with E-state index in [-0.39, 0.29) is 17.7 Å². The second-order valence-electron chi connectivity index (χ2n) is 16.3. The van der Waals surface area contributed by atoms with Gasteiger partial charge in [-0.15, -0.1) is 0 Å². The van der Waals surface area contributed by atoms with Gasteiger partial charge in [-0.3, -0.25) is 14.9 Å². The Kier molecular flexibility index (Phi) is 11.4. The number of aliphatic hydroxyl groups is 1. The van der Waals surface area contributed by atoms with E-state index in [0.717, 1.165) is 42.4 Å². The Balaban J connectivity index is 1.13. The number of amides is 2. The Bertz CT molecular complexity index is 2050. The van der Waals surface area contributed by atoms with E-state index in [9.17, 15) is 19.5 Å². The molecule has 2 saturated heterocycles. The third-order valence-electron chi connectivity index (χ3n) is 11.0. The van der Waals surface area contributed by atoms with Crippen molar-refractivity contribution < 1.29 is 37.7 Å². The van der Waals surface area contributed by atoms with Crippen LogP contribution in [0.3, 0.4) is 0 Å². The van der Waals surface area contributed by atoms with Crippen molar-refractivity contribution in [2.75, 3.05) is 0 Å². The minimum absolute atomic E-state index is 0.0953. The molecule has 4 aromatic rings. The van der Waals surface area contributed by atoms with Gasteiger partial charge in [-0.1, -0.05) is 66.2 Å². The van der Waals surface area contributed by atoms with Crippen molar-refractivity contribution >= 4 is 40.2 Å². The Morgan fingerprint density at radius 2 is 1.41 bits per heavy atom. The summed E-state index contributed by atoms with van der Waals surface area (Å²) < 4.78 is 45.3. The molecule has 2 bridgehead atoms. The van der Waals surface area contributed by atoms with Crippen molar-refractivity contribution in [3.8, 4) is 16.9 Å². The molecule has 2 aliphatic heterocycles. The first-order valence-electron chi connectivity index (χ1n) is 19.4. The van der Waals surface area contributed by atoms with Crippen molar-refractivity contribution in [1.82, 2.24) is 15.5 Å². The number of carbonyl (C=O) groups is 3. The molecule has 0 aromatic heterocycles. The molecule has 7 rings (SSSR count). The maximum absolute atomic E-state index is 16.9. The van der Waals surface area contributed by atoms with E-state index in [1.54, 1.807) is 57.2 Å². The fourth-order valence-electron chi connectivity index (χ4n) is 8.34. The molecule has 0 radical (unpaired) electrons. The summed E-state index contributed by atoms with van der Waals surface area (Å²) in [6, 6.07) is 19.4. The molecule has 56 heavy (non-hydrogen) atoms. The number of ketones is 1. The van der Waals surface area contributed by atoms with Gasteiger partial charge in [0.2, 0.25) is 11.7 Å². The maximum Gasteiger partial charge on any atom is 0.407 e. The summed E-state index contributed by atoms with van der Waals surface area (Å²) in [5.74, 6) is -4.91. The molecule has 3 fully saturated rings. The van der Waals surface area contributed by atoms with Gasteiger partial charge < -0.3 is 24.8 Å². The quantitative estimate of drug-likeness (QED) is 0.103. The number of alkyl halides is 2. The number of alkyl carbamates (subject to hydrolysis) is 1. The summed E-state index contributed by atoms with van der Waals surface area (Å²) in [6.07, 6.45) is 3.59. The summed E-state index contributed by atoms with van der Waals surface area (Å²) in [7, 11) is 0. The lowest BCUT2D eigenvalue weighted by Gasteiger charge is -2.42. The third kappa shape index (κ3) is 8.85. The van der Waals surface area contributed by atoms with Gasteiger partial charge in [-0.2, -0.15) is 8.78 Å². The van der Waals surface area contributed by atoms with Crippen molar-refractivity contribution in [3.63, 3.8) is 0 Å². The highest BCUT2D eigenvalue weighted by atomic mass is 35.5.